The third kappa shape index (κ3) is 4.43. The van der Waals surface area contributed by atoms with Crippen molar-refractivity contribution < 1.29 is 14.3 Å². The van der Waals surface area contributed by atoms with Crippen LogP contribution in [0.15, 0.2) is 82.1 Å². The monoisotopic (exact) mass is 492 g/mol. The van der Waals surface area contributed by atoms with Crippen molar-refractivity contribution in [2.75, 3.05) is 7.11 Å². The fourth-order valence-corrected chi connectivity index (χ4v) is 4.27. The van der Waals surface area contributed by atoms with Gasteiger partial charge >= 0.3 is 5.97 Å². The molecule has 6 nitrogen and oxygen atoms in total. The minimum atomic E-state index is -0.552. The number of aromatic nitrogens is 1. The number of esters is 1. The molecule has 4 aromatic rings. The van der Waals surface area contributed by atoms with Crippen molar-refractivity contribution in [1.82, 2.24) is 9.88 Å². The van der Waals surface area contributed by atoms with E-state index >= 15 is 0 Å². The van der Waals surface area contributed by atoms with Gasteiger partial charge in [0.05, 0.1) is 30.6 Å². The zero-order valence-corrected chi connectivity index (χ0v) is 19.0. The summed E-state index contributed by atoms with van der Waals surface area (Å²) in [4.78, 5) is 38.0. The fraction of sp³-hybridized carbons (Fsp3) is 0.160. The van der Waals surface area contributed by atoms with Crippen molar-refractivity contribution in [2.24, 2.45) is 0 Å². The van der Waals surface area contributed by atoms with Gasteiger partial charge in [0.25, 0.3) is 0 Å². The van der Waals surface area contributed by atoms with E-state index in [-0.39, 0.29) is 24.3 Å². The lowest BCUT2D eigenvalue weighted by molar-refractivity contribution is -0.141. The Morgan fingerprint density at radius 1 is 0.969 bits per heavy atom. The van der Waals surface area contributed by atoms with Gasteiger partial charge in [-0.2, -0.15) is 0 Å². The van der Waals surface area contributed by atoms with Crippen molar-refractivity contribution in [3.63, 3.8) is 0 Å². The molecule has 1 aromatic heterocycles. The Balaban J connectivity index is 1.71. The van der Waals surface area contributed by atoms with Crippen molar-refractivity contribution in [1.29, 1.82) is 0 Å². The minimum Gasteiger partial charge on any atom is -0.469 e. The van der Waals surface area contributed by atoms with Crippen LogP contribution in [0.1, 0.15) is 18.0 Å². The van der Waals surface area contributed by atoms with Crippen LogP contribution in [0.4, 0.5) is 0 Å². The quantitative estimate of drug-likeness (QED) is 0.320. The molecule has 0 aliphatic rings. The number of fused-ring (bicyclic) bond motifs is 2. The summed E-state index contributed by atoms with van der Waals surface area (Å²) in [5, 5.41) is 4.06. The van der Waals surface area contributed by atoms with Gasteiger partial charge in [-0.05, 0) is 42.0 Å². The summed E-state index contributed by atoms with van der Waals surface area (Å²) >= 11 is 3.43. The first-order valence-electron chi connectivity index (χ1n) is 10.1. The van der Waals surface area contributed by atoms with Gasteiger partial charge in [-0.1, -0.05) is 52.3 Å². The lowest BCUT2D eigenvalue weighted by Crippen LogP contribution is -2.33. The number of rotatable bonds is 6. The second kappa shape index (κ2) is 9.36. The molecule has 3 aromatic carbocycles. The molecule has 0 saturated carbocycles. The highest BCUT2D eigenvalue weighted by Gasteiger charge is 2.20. The number of benzene rings is 3. The Morgan fingerprint density at radius 3 is 2.19 bits per heavy atom. The van der Waals surface area contributed by atoms with Gasteiger partial charge in [0.15, 0.2) is 5.43 Å². The van der Waals surface area contributed by atoms with Crippen LogP contribution in [0.25, 0.3) is 21.8 Å². The zero-order valence-electron chi connectivity index (χ0n) is 17.4. The van der Waals surface area contributed by atoms with E-state index in [9.17, 15) is 14.4 Å². The lowest BCUT2D eigenvalue weighted by atomic mass is 10.0. The third-order valence-electron chi connectivity index (χ3n) is 5.37. The molecule has 0 aliphatic carbocycles. The molecule has 1 atom stereocenters. The highest BCUT2D eigenvalue weighted by Crippen LogP contribution is 2.23. The molecule has 1 N–H and O–H groups in total. The first kappa shape index (κ1) is 21.8. The average molecular weight is 493 g/mol. The van der Waals surface area contributed by atoms with Crippen molar-refractivity contribution in [2.45, 2.75) is 19.0 Å². The molecule has 162 valence electrons. The molecule has 4 rings (SSSR count). The van der Waals surface area contributed by atoms with Crippen molar-refractivity contribution in [3.8, 4) is 0 Å². The number of hydrogen-bond donors (Lipinski definition) is 1. The van der Waals surface area contributed by atoms with Gasteiger partial charge in [0.1, 0.15) is 6.54 Å². The van der Waals surface area contributed by atoms with E-state index in [0.29, 0.717) is 21.8 Å². The van der Waals surface area contributed by atoms with Crippen LogP contribution in [0.5, 0.6) is 0 Å². The van der Waals surface area contributed by atoms with Crippen LogP contribution in [0, 0.1) is 0 Å². The maximum Gasteiger partial charge on any atom is 0.307 e. The molecule has 7 heteroatoms. The predicted molar refractivity (Wildman–Crippen MR) is 127 cm³/mol. The number of halogens is 1. The lowest BCUT2D eigenvalue weighted by Gasteiger charge is -2.20. The largest absolute Gasteiger partial charge is 0.469 e. The Labute approximate surface area is 192 Å². The van der Waals surface area contributed by atoms with Crippen LogP contribution >= 0.6 is 15.9 Å². The molecular weight excluding hydrogens is 472 g/mol. The maximum absolute atomic E-state index is 13.1. The zero-order chi connectivity index (χ0) is 22.7. The number of ether oxygens (including phenoxy) is 1. The average Bonchev–Trinajstić information content (AvgIpc) is 2.81. The van der Waals surface area contributed by atoms with Crippen molar-refractivity contribution >= 4 is 49.6 Å². The summed E-state index contributed by atoms with van der Waals surface area (Å²) in [6.07, 6.45) is 0.00432. The topological polar surface area (TPSA) is 77.4 Å². The number of amides is 1. The molecule has 1 heterocycles. The molecule has 1 amide bonds. The van der Waals surface area contributed by atoms with Crippen LogP contribution < -0.4 is 10.7 Å². The van der Waals surface area contributed by atoms with E-state index in [1.807, 2.05) is 65.2 Å². The van der Waals surface area contributed by atoms with Crippen LogP contribution in [-0.4, -0.2) is 23.6 Å². The Kier molecular flexibility index (Phi) is 6.37. The van der Waals surface area contributed by atoms with Gasteiger partial charge in [-0.15, -0.1) is 0 Å². The van der Waals surface area contributed by atoms with Crippen LogP contribution in [-0.2, 0) is 20.9 Å². The number of para-hydroxylation sites is 2. The standard InChI is InChI=1S/C25H21BrN2O4/c1-32-24(30)14-20(16-7-6-8-17(26)13-16)27-23(29)15-28-21-11-4-2-9-18(21)25(31)19-10-3-5-12-22(19)28/h2-13,20H,14-15H2,1H3,(H,27,29). The Bertz CT molecular complexity index is 1320. The summed E-state index contributed by atoms with van der Waals surface area (Å²) in [7, 11) is 1.32. The van der Waals surface area contributed by atoms with Crippen LogP contribution in [0.3, 0.4) is 0 Å². The first-order valence-corrected chi connectivity index (χ1v) is 10.9. The van der Waals surface area contributed by atoms with E-state index in [1.165, 1.54) is 7.11 Å². The minimum absolute atomic E-state index is 0.00432. The van der Waals surface area contributed by atoms with E-state index < -0.39 is 12.0 Å². The van der Waals surface area contributed by atoms with Gasteiger partial charge in [0.2, 0.25) is 5.91 Å². The predicted octanol–water partition coefficient (Wildman–Crippen LogP) is 4.34. The number of carbonyl (C=O) groups is 2. The molecular formula is C25H21BrN2O4. The number of methoxy groups -OCH3 is 1. The Morgan fingerprint density at radius 2 is 1.59 bits per heavy atom. The third-order valence-corrected chi connectivity index (χ3v) is 5.86. The summed E-state index contributed by atoms with van der Waals surface area (Å²) in [6, 6.07) is 21.4. The number of pyridine rings is 1. The van der Waals surface area contributed by atoms with Crippen molar-refractivity contribution in [3.05, 3.63) is 93.1 Å². The fourth-order valence-electron chi connectivity index (χ4n) is 3.86. The van der Waals surface area contributed by atoms with E-state index in [0.717, 1.165) is 10.0 Å². The molecule has 32 heavy (non-hydrogen) atoms. The molecule has 0 spiro atoms. The van der Waals surface area contributed by atoms with E-state index in [2.05, 4.69) is 21.2 Å². The summed E-state index contributed by atoms with van der Waals surface area (Å²) < 4.78 is 7.49. The molecule has 1 unspecified atom stereocenters. The van der Waals surface area contributed by atoms with E-state index in [4.69, 9.17) is 4.74 Å². The molecule has 0 fully saturated rings. The second-order valence-electron chi connectivity index (χ2n) is 7.40. The molecule has 0 bridgehead atoms. The highest BCUT2D eigenvalue weighted by atomic mass is 79.9. The van der Waals surface area contributed by atoms with Crippen LogP contribution in [0.2, 0.25) is 0 Å². The second-order valence-corrected chi connectivity index (χ2v) is 8.32. The summed E-state index contributed by atoms with van der Waals surface area (Å²) in [5.41, 5.74) is 2.08. The van der Waals surface area contributed by atoms with Gasteiger partial charge < -0.3 is 14.6 Å². The molecule has 0 saturated heterocycles. The van der Waals surface area contributed by atoms with E-state index in [1.54, 1.807) is 12.1 Å². The molecule has 0 aliphatic heterocycles. The number of carbonyl (C=O) groups excluding carboxylic acids is 2. The van der Waals surface area contributed by atoms with Gasteiger partial charge in [-0.3, -0.25) is 14.4 Å². The van der Waals surface area contributed by atoms with Gasteiger partial charge in [-0.25, -0.2) is 0 Å². The molecule has 0 radical (unpaired) electrons. The highest BCUT2D eigenvalue weighted by molar-refractivity contribution is 9.10. The summed E-state index contributed by atoms with van der Waals surface area (Å²) in [6.45, 7) is -0.00696. The normalized spacial score (nSPS) is 11.9. The summed E-state index contributed by atoms with van der Waals surface area (Å²) in [5.74, 6) is -0.702. The SMILES string of the molecule is COC(=O)CC(NC(=O)Cn1c2ccccc2c(=O)c2ccccc21)c1cccc(Br)c1. The number of hydrogen-bond acceptors (Lipinski definition) is 4. The maximum atomic E-state index is 13.1. The number of nitrogens with zero attached hydrogens (tertiary/aromatic N) is 1. The Hall–Kier alpha value is -3.45. The smallest absolute Gasteiger partial charge is 0.307 e. The van der Waals surface area contributed by atoms with Gasteiger partial charge in [0, 0.05) is 15.2 Å². The number of nitrogens with one attached hydrogen (secondary N) is 1. The first-order chi connectivity index (χ1) is 15.5.